The van der Waals surface area contributed by atoms with Crippen molar-refractivity contribution in [3.05, 3.63) is 53.1 Å². The highest BCUT2D eigenvalue weighted by atomic mass is 16.5. The third kappa shape index (κ3) is 3.39. The summed E-state index contributed by atoms with van der Waals surface area (Å²) in [6, 6.07) is 10.3. The number of phenolic OH excluding ortho intramolecular Hbond substituents is 2. The van der Waals surface area contributed by atoms with E-state index in [1.807, 2.05) is 6.07 Å². The van der Waals surface area contributed by atoms with E-state index in [-0.39, 0.29) is 23.3 Å². The van der Waals surface area contributed by atoms with Crippen molar-refractivity contribution in [2.24, 2.45) is 0 Å². The number of hydrogen-bond donors (Lipinski definition) is 7. The monoisotopic (exact) mass is 420 g/mol. The van der Waals surface area contributed by atoms with Crippen molar-refractivity contribution in [3.63, 3.8) is 0 Å². The molecule has 1 fully saturated rings. The first-order valence-corrected chi connectivity index (χ1v) is 9.61. The van der Waals surface area contributed by atoms with Crippen molar-refractivity contribution in [2.45, 2.75) is 49.1 Å². The fourth-order valence-electron chi connectivity index (χ4n) is 4.08. The van der Waals surface area contributed by atoms with Gasteiger partial charge < -0.3 is 45.2 Å². The van der Waals surface area contributed by atoms with Crippen LogP contribution in [-0.2, 0) is 11.2 Å². The SMILES string of the molecule is OCC1OC(c2c(O)cc3c(c2O)CC(O)C(c2ccccc2)O3)C(O)C(O)C1O. The molecule has 0 spiro atoms. The van der Waals surface area contributed by atoms with Crippen LogP contribution in [0.1, 0.15) is 28.9 Å². The molecule has 0 aromatic heterocycles. The summed E-state index contributed by atoms with van der Waals surface area (Å²) in [6.45, 7) is -0.644. The van der Waals surface area contributed by atoms with Gasteiger partial charge in [0, 0.05) is 18.1 Å². The summed E-state index contributed by atoms with van der Waals surface area (Å²) in [5, 5.41) is 71.7. The zero-order chi connectivity index (χ0) is 21.6. The number of phenols is 2. The quantitative estimate of drug-likeness (QED) is 0.352. The molecule has 2 aliphatic rings. The molecule has 0 radical (unpaired) electrons. The fourth-order valence-corrected chi connectivity index (χ4v) is 4.08. The second-order valence-corrected chi connectivity index (χ2v) is 7.60. The van der Waals surface area contributed by atoms with E-state index in [9.17, 15) is 35.7 Å². The lowest BCUT2D eigenvalue weighted by Gasteiger charge is -2.41. The fraction of sp³-hybridized carbons (Fsp3) is 0.429. The van der Waals surface area contributed by atoms with Crippen molar-refractivity contribution in [2.75, 3.05) is 6.61 Å². The van der Waals surface area contributed by atoms with E-state index in [1.54, 1.807) is 24.3 Å². The largest absolute Gasteiger partial charge is 0.507 e. The summed E-state index contributed by atoms with van der Waals surface area (Å²) in [5.74, 6) is -0.754. The second-order valence-electron chi connectivity index (χ2n) is 7.60. The van der Waals surface area contributed by atoms with Crippen molar-refractivity contribution in [1.29, 1.82) is 0 Å². The maximum atomic E-state index is 10.8. The topological polar surface area (TPSA) is 160 Å². The minimum Gasteiger partial charge on any atom is -0.507 e. The Labute approximate surface area is 172 Å². The van der Waals surface area contributed by atoms with Gasteiger partial charge in [-0.05, 0) is 5.56 Å². The molecule has 9 heteroatoms. The number of fused-ring (bicyclic) bond motifs is 1. The minimum atomic E-state index is -1.68. The molecule has 0 amide bonds. The molecule has 0 bridgehead atoms. The van der Waals surface area contributed by atoms with Gasteiger partial charge in [0.25, 0.3) is 0 Å². The Morgan fingerprint density at radius 1 is 0.900 bits per heavy atom. The predicted molar refractivity (Wildman–Crippen MR) is 102 cm³/mol. The summed E-state index contributed by atoms with van der Waals surface area (Å²) < 4.78 is 11.3. The lowest BCUT2D eigenvalue weighted by atomic mass is 9.87. The van der Waals surface area contributed by atoms with E-state index >= 15 is 0 Å². The molecule has 30 heavy (non-hydrogen) atoms. The van der Waals surface area contributed by atoms with Gasteiger partial charge in [0.2, 0.25) is 0 Å². The summed E-state index contributed by atoms with van der Waals surface area (Å²) in [5.41, 5.74) is 0.715. The molecule has 0 saturated carbocycles. The maximum Gasteiger partial charge on any atom is 0.150 e. The van der Waals surface area contributed by atoms with Crippen LogP contribution in [-0.4, -0.2) is 72.9 Å². The first kappa shape index (κ1) is 20.9. The average molecular weight is 420 g/mol. The van der Waals surface area contributed by atoms with E-state index in [1.165, 1.54) is 6.07 Å². The van der Waals surface area contributed by atoms with Crippen LogP contribution in [0.25, 0.3) is 0 Å². The molecule has 9 nitrogen and oxygen atoms in total. The number of aromatic hydroxyl groups is 2. The highest BCUT2D eigenvalue weighted by molar-refractivity contribution is 5.58. The Balaban J connectivity index is 1.71. The smallest absolute Gasteiger partial charge is 0.150 e. The highest BCUT2D eigenvalue weighted by Crippen LogP contribution is 2.49. The van der Waals surface area contributed by atoms with Crippen LogP contribution in [0.3, 0.4) is 0 Å². The van der Waals surface area contributed by atoms with Gasteiger partial charge >= 0.3 is 0 Å². The van der Waals surface area contributed by atoms with Gasteiger partial charge in [-0.3, -0.25) is 0 Å². The van der Waals surface area contributed by atoms with Gasteiger partial charge in [-0.15, -0.1) is 0 Å². The van der Waals surface area contributed by atoms with Gasteiger partial charge in [-0.2, -0.15) is 0 Å². The normalized spacial score (nSPS) is 33.6. The van der Waals surface area contributed by atoms with Gasteiger partial charge in [0.1, 0.15) is 53.9 Å². The molecule has 1 saturated heterocycles. The van der Waals surface area contributed by atoms with Gasteiger partial charge in [-0.1, -0.05) is 30.3 Å². The number of rotatable bonds is 3. The Kier molecular flexibility index (Phi) is 5.58. The molecule has 7 unspecified atom stereocenters. The third-order valence-corrected chi connectivity index (χ3v) is 5.70. The number of aliphatic hydroxyl groups excluding tert-OH is 5. The average Bonchev–Trinajstić information content (AvgIpc) is 2.74. The van der Waals surface area contributed by atoms with E-state index in [2.05, 4.69) is 0 Å². The van der Waals surface area contributed by atoms with Crippen LogP contribution in [0.2, 0.25) is 0 Å². The number of hydrogen-bond acceptors (Lipinski definition) is 9. The van der Waals surface area contributed by atoms with Crippen molar-refractivity contribution >= 4 is 0 Å². The van der Waals surface area contributed by atoms with Crippen molar-refractivity contribution in [1.82, 2.24) is 0 Å². The Bertz CT molecular complexity index is 901. The Hall–Kier alpha value is -2.40. The molecule has 4 rings (SSSR count). The lowest BCUT2D eigenvalue weighted by molar-refractivity contribution is -0.232. The van der Waals surface area contributed by atoms with Crippen molar-refractivity contribution < 1.29 is 45.2 Å². The molecule has 7 N–H and O–H groups in total. The molecule has 2 aromatic carbocycles. The predicted octanol–water partition coefficient (Wildman–Crippen LogP) is -0.350. The van der Waals surface area contributed by atoms with Gasteiger partial charge in [0.05, 0.1) is 18.3 Å². The van der Waals surface area contributed by atoms with Crippen LogP contribution < -0.4 is 4.74 Å². The molecule has 2 heterocycles. The molecule has 162 valence electrons. The standard InChI is InChI=1S/C21H24O9/c22-8-14-17(26)18(27)19(28)21(30-14)15-11(23)7-13-10(16(15)25)6-12(24)20(29-13)9-4-2-1-3-5-9/h1-5,7,12,14,17-28H,6,8H2. The van der Waals surface area contributed by atoms with Crippen LogP contribution in [0, 0.1) is 0 Å². The third-order valence-electron chi connectivity index (χ3n) is 5.70. The summed E-state index contributed by atoms with van der Waals surface area (Å²) in [7, 11) is 0. The van der Waals surface area contributed by atoms with E-state index in [0.717, 1.165) is 5.56 Å². The van der Waals surface area contributed by atoms with Crippen LogP contribution in [0.5, 0.6) is 17.2 Å². The summed E-state index contributed by atoms with van der Waals surface area (Å²) in [4.78, 5) is 0. The van der Waals surface area contributed by atoms with Gasteiger partial charge in [-0.25, -0.2) is 0 Å². The second kappa shape index (κ2) is 8.03. The molecular weight excluding hydrogens is 396 g/mol. The summed E-state index contributed by atoms with van der Waals surface area (Å²) >= 11 is 0. The zero-order valence-electron chi connectivity index (χ0n) is 15.9. The van der Waals surface area contributed by atoms with E-state index < -0.39 is 60.8 Å². The molecule has 2 aromatic rings. The first-order valence-electron chi connectivity index (χ1n) is 9.61. The molecule has 0 aliphatic carbocycles. The Morgan fingerprint density at radius 2 is 1.60 bits per heavy atom. The zero-order valence-corrected chi connectivity index (χ0v) is 15.9. The first-order chi connectivity index (χ1) is 14.3. The number of benzene rings is 2. The minimum absolute atomic E-state index is 0.00539. The van der Waals surface area contributed by atoms with Crippen LogP contribution >= 0.6 is 0 Å². The van der Waals surface area contributed by atoms with Crippen LogP contribution in [0.4, 0.5) is 0 Å². The number of ether oxygens (including phenoxy) is 2. The lowest BCUT2D eigenvalue weighted by Crippen LogP contribution is -2.55. The van der Waals surface area contributed by atoms with Crippen molar-refractivity contribution in [3.8, 4) is 17.2 Å². The maximum absolute atomic E-state index is 10.8. The molecule has 7 atom stereocenters. The Morgan fingerprint density at radius 3 is 2.27 bits per heavy atom. The van der Waals surface area contributed by atoms with E-state index in [4.69, 9.17) is 9.47 Å². The molecular formula is C21H24O9. The highest BCUT2D eigenvalue weighted by Gasteiger charge is 2.46. The number of aliphatic hydroxyl groups is 5. The molecule has 2 aliphatic heterocycles. The van der Waals surface area contributed by atoms with Gasteiger partial charge in [0.15, 0.2) is 0 Å². The summed E-state index contributed by atoms with van der Waals surface area (Å²) in [6.07, 6.45) is -9.22. The van der Waals surface area contributed by atoms with E-state index in [0.29, 0.717) is 0 Å². The van der Waals surface area contributed by atoms with Crippen LogP contribution in [0.15, 0.2) is 36.4 Å².